The lowest BCUT2D eigenvalue weighted by atomic mass is 10.1. The van der Waals surface area contributed by atoms with Crippen molar-refractivity contribution in [2.45, 2.75) is 6.42 Å². The van der Waals surface area contributed by atoms with Gasteiger partial charge in [-0.15, -0.1) is 11.3 Å². The summed E-state index contributed by atoms with van der Waals surface area (Å²) in [5.41, 5.74) is 2.28. The molecule has 0 amide bonds. The van der Waals surface area contributed by atoms with E-state index in [1.165, 1.54) is 10.3 Å². The summed E-state index contributed by atoms with van der Waals surface area (Å²) in [5, 5.41) is 3.12. The molecule has 2 heterocycles. The van der Waals surface area contributed by atoms with Crippen molar-refractivity contribution in [3.63, 3.8) is 0 Å². The number of hydrogen-bond donors (Lipinski definition) is 0. The Hall–Kier alpha value is -2.01. The molecule has 26 heavy (non-hydrogen) atoms. The van der Waals surface area contributed by atoms with Gasteiger partial charge in [0.15, 0.2) is 5.78 Å². The molecule has 3 nitrogen and oxygen atoms in total. The molecule has 0 aliphatic carbocycles. The molecule has 1 aromatic heterocycles. The van der Waals surface area contributed by atoms with Crippen LogP contribution in [0.1, 0.15) is 15.9 Å². The van der Waals surface area contributed by atoms with Crippen molar-refractivity contribution in [2.24, 2.45) is 0 Å². The Morgan fingerprint density at radius 2 is 1.58 bits per heavy atom. The van der Waals surface area contributed by atoms with Gasteiger partial charge in [-0.05, 0) is 18.1 Å². The quantitative estimate of drug-likeness (QED) is 0.619. The number of piperazine rings is 1. The van der Waals surface area contributed by atoms with Crippen LogP contribution in [0.15, 0.2) is 60.0 Å². The van der Waals surface area contributed by atoms with Crippen LogP contribution in [-0.2, 0) is 6.42 Å². The van der Waals surface area contributed by atoms with Crippen LogP contribution in [0.25, 0.3) is 10.1 Å². The van der Waals surface area contributed by atoms with Crippen LogP contribution in [-0.4, -0.2) is 54.9 Å². The van der Waals surface area contributed by atoms with Crippen LogP contribution in [0, 0.1) is 0 Å². The summed E-state index contributed by atoms with van der Waals surface area (Å²) in [4.78, 5) is 17.5. The number of rotatable bonds is 6. The highest BCUT2D eigenvalue weighted by atomic mass is 32.1. The first-order valence-electron chi connectivity index (χ1n) is 9.28. The molecule has 1 saturated heterocycles. The number of carbonyl (C=O) groups excluding carboxylic acids is 1. The Labute approximate surface area is 158 Å². The largest absolute Gasteiger partial charge is 0.300 e. The fraction of sp³-hybridized carbons (Fsp3) is 0.318. The third-order valence-electron chi connectivity index (χ3n) is 5.17. The van der Waals surface area contributed by atoms with Crippen molar-refractivity contribution in [1.29, 1.82) is 0 Å². The first-order valence-corrected chi connectivity index (χ1v) is 10.2. The summed E-state index contributed by atoms with van der Waals surface area (Å²) in [5.74, 6) is 0.250. The van der Waals surface area contributed by atoms with Crippen LogP contribution in [0.3, 0.4) is 0 Å². The van der Waals surface area contributed by atoms with Gasteiger partial charge < -0.3 is 4.90 Å². The smallest absolute Gasteiger partial charge is 0.178 e. The topological polar surface area (TPSA) is 23.6 Å². The van der Waals surface area contributed by atoms with E-state index in [2.05, 4.69) is 52.3 Å². The second kappa shape index (κ2) is 8.12. The highest BCUT2D eigenvalue weighted by Crippen LogP contribution is 2.26. The molecule has 0 bridgehead atoms. The zero-order valence-corrected chi connectivity index (χ0v) is 15.8. The van der Waals surface area contributed by atoms with Crippen LogP contribution in [0.5, 0.6) is 0 Å². The van der Waals surface area contributed by atoms with Crippen LogP contribution in [0.2, 0.25) is 0 Å². The van der Waals surface area contributed by atoms with Crippen molar-refractivity contribution in [2.75, 3.05) is 39.3 Å². The Morgan fingerprint density at radius 1 is 0.885 bits per heavy atom. The molecule has 0 radical (unpaired) electrons. The van der Waals surface area contributed by atoms with Gasteiger partial charge in [-0.2, -0.15) is 0 Å². The van der Waals surface area contributed by atoms with E-state index in [-0.39, 0.29) is 5.78 Å². The third-order valence-corrected chi connectivity index (χ3v) is 6.14. The maximum absolute atomic E-state index is 12.7. The van der Waals surface area contributed by atoms with Gasteiger partial charge in [0.05, 0.1) is 6.54 Å². The summed E-state index contributed by atoms with van der Waals surface area (Å²) < 4.78 is 1.20. The zero-order valence-electron chi connectivity index (χ0n) is 14.9. The molecule has 4 rings (SSSR count). The predicted molar refractivity (Wildman–Crippen MR) is 109 cm³/mol. The number of carbonyl (C=O) groups is 1. The van der Waals surface area contributed by atoms with Gasteiger partial charge in [0.1, 0.15) is 0 Å². The SMILES string of the molecule is O=C(CN1CCN(CCc2ccccc2)CC1)c1csc2ccccc12. The predicted octanol–water partition coefficient (Wildman–Crippen LogP) is 3.94. The Balaban J connectivity index is 1.28. The maximum atomic E-state index is 12.7. The first-order chi connectivity index (χ1) is 12.8. The summed E-state index contributed by atoms with van der Waals surface area (Å²) in [6, 6.07) is 18.8. The third kappa shape index (κ3) is 4.04. The van der Waals surface area contributed by atoms with E-state index >= 15 is 0 Å². The van der Waals surface area contributed by atoms with Crippen LogP contribution in [0.4, 0.5) is 0 Å². The standard InChI is InChI=1S/C22H24N2OS/c25-21(20-17-26-22-9-5-4-8-19(20)22)16-24-14-12-23(13-15-24)11-10-18-6-2-1-3-7-18/h1-9,17H,10-16H2. The summed E-state index contributed by atoms with van der Waals surface area (Å²) in [6.45, 7) is 5.68. The highest BCUT2D eigenvalue weighted by Gasteiger charge is 2.20. The van der Waals surface area contributed by atoms with Gasteiger partial charge >= 0.3 is 0 Å². The number of fused-ring (bicyclic) bond motifs is 1. The van der Waals surface area contributed by atoms with Gasteiger partial charge in [0.25, 0.3) is 0 Å². The molecule has 1 aliphatic rings. The van der Waals surface area contributed by atoms with Crippen LogP contribution < -0.4 is 0 Å². The molecule has 134 valence electrons. The molecule has 0 saturated carbocycles. The van der Waals surface area contributed by atoms with E-state index < -0.39 is 0 Å². The van der Waals surface area contributed by atoms with Crippen molar-refractivity contribution < 1.29 is 4.79 Å². The number of ketones is 1. The summed E-state index contributed by atoms with van der Waals surface area (Å²) in [7, 11) is 0. The fourth-order valence-electron chi connectivity index (χ4n) is 3.58. The first kappa shape index (κ1) is 17.4. The molecule has 2 aromatic carbocycles. The lowest BCUT2D eigenvalue weighted by molar-refractivity contribution is 0.0856. The lowest BCUT2D eigenvalue weighted by Gasteiger charge is -2.34. The van der Waals surface area contributed by atoms with Gasteiger partial charge in [0, 0.05) is 53.8 Å². The van der Waals surface area contributed by atoms with Crippen molar-refractivity contribution in [3.05, 3.63) is 71.1 Å². The molecule has 0 unspecified atom stereocenters. The Kier molecular flexibility index (Phi) is 5.44. The Bertz CT molecular complexity index is 866. The molecule has 3 aromatic rings. The van der Waals surface area contributed by atoms with Crippen molar-refractivity contribution in [1.82, 2.24) is 9.80 Å². The summed E-state index contributed by atoms with van der Waals surface area (Å²) >= 11 is 1.66. The molecule has 0 N–H and O–H groups in total. The number of Topliss-reactive ketones (excluding diaryl/α,β-unsaturated/α-hetero) is 1. The molecule has 0 atom stereocenters. The number of thiophene rings is 1. The van der Waals surface area contributed by atoms with Gasteiger partial charge in [-0.1, -0.05) is 48.5 Å². The lowest BCUT2D eigenvalue weighted by Crippen LogP contribution is -2.48. The number of nitrogens with zero attached hydrogens (tertiary/aromatic N) is 2. The average Bonchev–Trinajstić information content (AvgIpc) is 3.12. The van der Waals surface area contributed by atoms with Gasteiger partial charge in [-0.3, -0.25) is 9.69 Å². The van der Waals surface area contributed by atoms with E-state index in [0.717, 1.165) is 50.1 Å². The normalized spacial score (nSPS) is 16.2. The maximum Gasteiger partial charge on any atom is 0.178 e. The van der Waals surface area contributed by atoms with Crippen molar-refractivity contribution in [3.8, 4) is 0 Å². The Morgan fingerprint density at radius 3 is 2.38 bits per heavy atom. The average molecular weight is 365 g/mol. The monoisotopic (exact) mass is 364 g/mol. The molecular formula is C22H24N2OS. The highest BCUT2D eigenvalue weighted by molar-refractivity contribution is 7.17. The summed E-state index contributed by atoms with van der Waals surface area (Å²) in [6.07, 6.45) is 1.10. The van der Waals surface area contributed by atoms with E-state index in [9.17, 15) is 4.79 Å². The van der Waals surface area contributed by atoms with E-state index in [1.807, 2.05) is 17.5 Å². The molecular weight excluding hydrogens is 340 g/mol. The van der Waals surface area contributed by atoms with Gasteiger partial charge in [-0.25, -0.2) is 0 Å². The zero-order chi connectivity index (χ0) is 17.8. The van der Waals surface area contributed by atoms with E-state index in [1.54, 1.807) is 11.3 Å². The molecule has 4 heteroatoms. The minimum absolute atomic E-state index is 0.250. The fourth-order valence-corrected chi connectivity index (χ4v) is 4.55. The number of hydrogen-bond acceptors (Lipinski definition) is 4. The van der Waals surface area contributed by atoms with Crippen molar-refractivity contribution >= 4 is 27.2 Å². The molecule has 0 spiro atoms. The second-order valence-electron chi connectivity index (χ2n) is 6.92. The minimum Gasteiger partial charge on any atom is -0.300 e. The second-order valence-corrected chi connectivity index (χ2v) is 7.83. The van der Waals surface area contributed by atoms with E-state index in [4.69, 9.17) is 0 Å². The minimum atomic E-state index is 0.250. The van der Waals surface area contributed by atoms with E-state index in [0.29, 0.717) is 6.54 Å². The number of benzene rings is 2. The van der Waals surface area contributed by atoms with Crippen LogP contribution >= 0.6 is 11.3 Å². The van der Waals surface area contributed by atoms with Gasteiger partial charge in [0.2, 0.25) is 0 Å². The molecule has 1 fully saturated rings. The molecule has 1 aliphatic heterocycles.